The van der Waals surface area contributed by atoms with E-state index in [1.165, 1.54) is 37.9 Å². The van der Waals surface area contributed by atoms with Crippen LogP contribution >= 0.6 is 11.6 Å². The molecule has 20 heavy (non-hydrogen) atoms. The van der Waals surface area contributed by atoms with E-state index in [2.05, 4.69) is 29.3 Å². The van der Waals surface area contributed by atoms with Crippen molar-refractivity contribution in [2.24, 2.45) is 5.92 Å². The molecule has 3 heteroatoms. The molecule has 0 spiro atoms. The van der Waals surface area contributed by atoms with Crippen LogP contribution in [0, 0.1) is 5.92 Å². The number of likely N-dealkylation sites (tertiary alicyclic amines) is 1. The standard InChI is InChI=1S/C17H25ClN2/c1-2-17(14-3-5-15(18)6-4-14)19-11-13-9-10-20(12-13)16-7-8-16/h3-6,13,16-17,19H,2,7-12H2,1H3. The molecule has 110 valence electrons. The molecule has 1 aliphatic heterocycles. The summed E-state index contributed by atoms with van der Waals surface area (Å²) in [5.74, 6) is 0.831. The lowest BCUT2D eigenvalue weighted by atomic mass is 10.0. The molecule has 2 unspecified atom stereocenters. The summed E-state index contributed by atoms with van der Waals surface area (Å²) < 4.78 is 0. The van der Waals surface area contributed by atoms with Gasteiger partial charge >= 0.3 is 0 Å². The minimum Gasteiger partial charge on any atom is -0.310 e. The summed E-state index contributed by atoms with van der Waals surface area (Å²) in [5.41, 5.74) is 1.36. The molecule has 2 nitrogen and oxygen atoms in total. The first-order chi connectivity index (χ1) is 9.76. The van der Waals surface area contributed by atoms with Crippen molar-refractivity contribution in [3.05, 3.63) is 34.9 Å². The maximum atomic E-state index is 5.97. The van der Waals surface area contributed by atoms with Crippen molar-refractivity contribution in [3.63, 3.8) is 0 Å². The summed E-state index contributed by atoms with van der Waals surface area (Å²) in [7, 11) is 0. The minimum atomic E-state index is 0.460. The first-order valence-corrected chi connectivity index (χ1v) is 8.37. The van der Waals surface area contributed by atoms with Crippen LogP contribution in [0.1, 0.15) is 44.2 Å². The van der Waals surface area contributed by atoms with E-state index in [-0.39, 0.29) is 0 Å². The average molecular weight is 293 g/mol. The lowest BCUT2D eigenvalue weighted by Crippen LogP contribution is -2.30. The number of rotatable bonds is 6. The van der Waals surface area contributed by atoms with E-state index in [1.54, 1.807) is 0 Å². The van der Waals surface area contributed by atoms with Gasteiger partial charge in [0, 0.05) is 23.7 Å². The molecule has 1 aromatic rings. The fourth-order valence-electron chi connectivity index (χ4n) is 3.30. The zero-order valence-corrected chi connectivity index (χ0v) is 13.1. The predicted molar refractivity (Wildman–Crippen MR) is 85.2 cm³/mol. The van der Waals surface area contributed by atoms with Crippen LogP contribution < -0.4 is 5.32 Å². The Balaban J connectivity index is 1.49. The van der Waals surface area contributed by atoms with Crippen LogP contribution in [0.15, 0.2) is 24.3 Å². The lowest BCUT2D eigenvalue weighted by Gasteiger charge is -2.21. The second kappa shape index (κ2) is 6.46. The van der Waals surface area contributed by atoms with Crippen LogP contribution in [0.2, 0.25) is 5.02 Å². The number of hydrogen-bond acceptors (Lipinski definition) is 2. The normalized spacial score (nSPS) is 25.0. The van der Waals surface area contributed by atoms with Crippen molar-refractivity contribution in [3.8, 4) is 0 Å². The molecule has 0 amide bonds. The Morgan fingerprint density at radius 1 is 1.25 bits per heavy atom. The van der Waals surface area contributed by atoms with Crippen LogP contribution in [-0.4, -0.2) is 30.6 Å². The molecule has 0 aromatic heterocycles. The zero-order chi connectivity index (χ0) is 13.9. The van der Waals surface area contributed by atoms with Gasteiger partial charge in [-0.1, -0.05) is 30.7 Å². The molecule has 0 radical (unpaired) electrons. The minimum absolute atomic E-state index is 0.460. The second-order valence-electron chi connectivity index (χ2n) is 6.30. The highest BCUT2D eigenvalue weighted by Gasteiger charge is 2.34. The summed E-state index contributed by atoms with van der Waals surface area (Å²) in [4.78, 5) is 2.69. The van der Waals surface area contributed by atoms with E-state index in [0.717, 1.165) is 29.9 Å². The molecule has 1 saturated carbocycles. The average Bonchev–Trinajstić information content (AvgIpc) is 3.21. The number of halogens is 1. The van der Waals surface area contributed by atoms with Gasteiger partial charge in [-0.2, -0.15) is 0 Å². The van der Waals surface area contributed by atoms with Crippen molar-refractivity contribution < 1.29 is 0 Å². The highest BCUT2D eigenvalue weighted by molar-refractivity contribution is 6.30. The zero-order valence-electron chi connectivity index (χ0n) is 12.3. The van der Waals surface area contributed by atoms with Crippen molar-refractivity contribution in [2.75, 3.05) is 19.6 Å². The fourth-order valence-corrected chi connectivity index (χ4v) is 3.43. The van der Waals surface area contributed by atoms with Crippen molar-refractivity contribution in [1.82, 2.24) is 10.2 Å². The largest absolute Gasteiger partial charge is 0.310 e. The molecular weight excluding hydrogens is 268 g/mol. The van der Waals surface area contributed by atoms with Crippen LogP contribution in [0.4, 0.5) is 0 Å². The van der Waals surface area contributed by atoms with Crippen LogP contribution in [0.3, 0.4) is 0 Å². The predicted octanol–water partition coefficient (Wildman–Crippen LogP) is 3.87. The number of nitrogens with one attached hydrogen (secondary N) is 1. The van der Waals surface area contributed by atoms with Gasteiger partial charge in [-0.05, 0) is 62.4 Å². The Labute approximate surface area is 127 Å². The van der Waals surface area contributed by atoms with E-state index in [4.69, 9.17) is 11.6 Å². The SMILES string of the molecule is CCC(NCC1CCN(C2CC2)C1)c1ccc(Cl)cc1. The summed E-state index contributed by atoms with van der Waals surface area (Å²) in [6.45, 7) is 6.01. The Morgan fingerprint density at radius 3 is 2.65 bits per heavy atom. The number of nitrogens with zero attached hydrogens (tertiary/aromatic N) is 1. The van der Waals surface area contributed by atoms with Gasteiger partial charge in [-0.25, -0.2) is 0 Å². The quantitative estimate of drug-likeness (QED) is 0.856. The topological polar surface area (TPSA) is 15.3 Å². The van der Waals surface area contributed by atoms with Crippen LogP contribution in [0.25, 0.3) is 0 Å². The van der Waals surface area contributed by atoms with E-state index in [1.807, 2.05) is 12.1 Å². The van der Waals surface area contributed by atoms with Gasteiger partial charge in [0.05, 0.1) is 0 Å². The molecule has 3 rings (SSSR count). The van der Waals surface area contributed by atoms with Crippen LogP contribution in [-0.2, 0) is 0 Å². The highest BCUT2D eigenvalue weighted by atomic mass is 35.5. The molecule has 2 aliphatic rings. The molecular formula is C17H25ClN2. The summed E-state index contributed by atoms with van der Waals surface area (Å²) in [5, 5.41) is 4.58. The van der Waals surface area contributed by atoms with Gasteiger partial charge in [-0.3, -0.25) is 0 Å². The van der Waals surface area contributed by atoms with Crippen molar-refractivity contribution in [2.45, 2.75) is 44.7 Å². The lowest BCUT2D eigenvalue weighted by molar-refractivity contribution is 0.309. The number of hydrogen-bond donors (Lipinski definition) is 1. The molecule has 1 heterocycles. The maximum absolute atomic E-state index is 5.97. The molecule has 1 N–H and O–H groups in total. The van der Waals surface area contributed by atoms with E-state index >= 15 is 0 Å². The van der Waals surface area contributed by atoms with E-state index in [0.29, 0.717) is 6.04 Å². The summed E-state index contributed by atoms with van der Waals surface area (Å²) in [6, 6.07) is 9.67. The van der Waals surface area contributed by atoms with Crippen LogP contribution in [0.5, 0.6) is 0 Å². The molecule has 0 bridgehead atoms. The Kier molecular flexibility index (Phi) is 4.65. The first kappa shape index (κ1) is 14.4. The summed E-state index contributed by atoms with van der Waals surface area (Å²) >= 11 is 5.97. The molecule has 1 aliphatic carbocycles. The van der Waals surface area contributed by atoms with Crippen molar-refractivity contribution >= 4 is 11.6 Å². The highest BCUT2D eigenvalue weighted by Crippen LogP contribution is 2.31. The fraction of sp³-hybridized carbons (Fsp3) is 0.647. The van der Waals surface area contributed by atoms with Gasteiger partial charge in [0.2, 0.25) is 0 Å². The third-order valence-electron chi connectivity index (χ3n) is 4.71. The van der Waals surface area contributed by atoms with Gasteiger partial charge in [-0.15, -0.1) is 0 Å². The molecule has 1 saturated heterocycles. The Morgan fingerprint density at radius 2 is 2.00 bits per heavy atom. The maximum Gasteiger partial charge on any atom is 0.0406 e. The van der Waals surface area contributed by atoms with Crippen molar-refractivity contribution in [1.29, 1.82) is 0 Å². The third-order valence-corrected chi connectivity index (χ3v) is 4.97. The summed E-state index contributed by atoms with van der Waals surface area (Å²) in [6.07, 6.45) is 5.35. The molecule has 2 atom stereocenters. The monoisotopic (exact) mass is 292 g/mol. The Bertz CT molecular complexity index is 427. The van der Waals surface area contributed by atoms with Gasteiger partial charge in [0.15, 0.2) is 0 Å². The molecule has 2 fully saturated rings. The smallest absolute Gasteiger partial charge is 0.0406 e. The van der Waals surface area contributed by atoms with Gasteiger partial charge < -0.3 is 10.2 Å². The Hall–Kier alpha value is -0.570. The number of benzene rings is 1. The van der Waals surface area contributed by atoms with E-state index in [9.17, 15) is 0 Å². The third kappa shape index (κ3) is 3.55. The van der Waals surface area contributed by atoms with E-state index < -0.39 is 0 Å². The second-order valence-corrected chi connectivity index (χ2v) is 6.74. The van der Waals surface area contributed by atoms with Gasteiger partial charge in [0.25, 0.3) is 0 Å². The first-order valence-electron chi connectivity index (χ1n) is 7.99. The molecule has 1 aromatic carbocycles. The van der Waals surface area contributed by atoms with Gasteiger partial charge in [0.1, 0.15) is 0 Å².